The fourth-order valence-corrected chi connectivity index (χ4v) is 2.49. The first kappa shape index (κ1) is 17.2. The van der Waals surface area contributed by atoms with Gasteiger partial charge in [-0.05, 0) is 19.3 Å². The zero-order chi connectivity index (χ0) is 16.0. The number of hydrogen-bond donors (Lipinski definition) is 4. The number of carboxylic acid groups (broad SMARTS) is 2. The summed E-state index contributed by atoms with van der Waals surface area (Å²) in [5.41, 5.74) is -0.911. The first-order chi connectivity index (χ1) is 9.73. The Bertz CT molecular complexity index is 405. The molecule has 0 bridgehead atoms. The average Bonchev–Trinajstić information content (AvgIpc) is 2.79. The first-order valence-corrected chi connectivity index (χ1v) is 6.92. The van der Waals surface area contributed by atoms with Crippen LogP contribution in [0, 0.1) is 0 Å². The Hall–Kier alpha value is -1.83. The van der Waals surface area contributed by atoms with Crippen molar-refractivity contribution in [2.75, 3.05) is 13.6 Å². The molecular weight excluding hydrogens is 280 g/mol. The normalized spacial score (nSPS) is 18.0. The Morgan fingerprint density at radius 3 is 2.29 bits per heavy atom. The number of likely N-dealkylation sites (N-methyl/N-ethyl adjacent to an activating group) is 1. The van der Waals surface area contributed by atoms with Crippen LogP contribution in [0.5, 0.6) is 0 Å². The van der Waals surface area contributed by atoms with Crippen LogP contribution in [0.4, 0.5) is 4.79 Å². The molecule has 2 amide bonds. The number of carboxylic acids is 2. The summed E-state index contributed by atoms with van der Waals surface area (Å²) in [7, 11) is 1.47. The molecule has 1 aliphatic carbocycles. The largest absolute Gasteiger partial charge is 0.481 e. The summed E-state index contributed by atoms with van der Waals surface area (Å²) in [6.45, 7) is 0.129. The number of carbonyl (C=O) groups is 3. The Kier molecular flexibility index (Phi) is 5.95. The summed E-state index contributed by atoms with van der Waals surface area (Å²) in [4.78, 5) is 34.6. The Morgan fingerprint density at radius 2 is 1.81 bits per heavy atom. The van der Waals surface area contributed by atoms with Gasteiger partial charge in [-0.1, -0.05) is 12.8 Å². The molecule has 0 unspecified atom stereocenters. The van der Waals surface area contributed by atoms with Gasteiger partial charge in [-0.25, -0.2) is 9.59 Å². The second-order valence-electron chi connectivity index (χ2n) is 5.56. The van der Waals surface area contributed by atoms with E-state index in [2.05, 4.69) is 5.32 Å². The third kappa shape index (κ3) is 5.58. The number of urea groups is 1. The van der Waals surface area contributed by atoms with Crippen LogP contribution in [0.3, 0.4) is 0 Å². The maximum Gasteiger partial charge on any atom is 0.326 e. The molecule has 120 valence electrons. The van der Waals surface area contributed by atoms with E-state index in [0.29, 0.717) is 12.8 Å². The molecule has 0 radical (unpaired) electrons. The van der Waals surface area contributed by atoms with Crippen molar-refractivity contribution in [3.63, 3.8) is 0 Å². The molecule has 8 heteroatoms. The van der Waals surface area contributed by atoms with Crippen molar-refractivity contribution in [2.24, 2.45) is 0 Å². The molecule has 1 saturated carbocycles. The molecule has 0 aromatic heterocycles. The molecule has 0 aromatic rings. The molecule has 4 N–H and O–H groups in total. The molecule has 0 aromatic carbocycles. The van der Waals surface area contributed by atoms with E-state index in [1.165, 1.54) is 11.9 Å². The van der Waals surface area contributed by atoms with Crippen molar-refractivity contribution in [3.05, 3.63) is 0 Å². The summed E-state index contributed by atoms with van der Waals surface area (Å²) < 4.78 is 0. The fourth-order valence-electron chi connectivity index (χ4n) is 2.49. The number of hydrogen-bond acceptors (Lipinski definition) is 4. The van der Waals surface area contributed by atoms with Crippen LogP contribution in [0.25, 0.3) is 0 Å². The van der Waals surface area contributed by atoms with E-state index in [4.69, 9.17) is 10.2 Å². The van der Waals surface area contributed by atoms with Crippen LogP contribution in [-0.2, 0) is 9.59 Å². The van der Waals surface area contributed by atoms with Crippen LogP contribution in [0.15, 0.2) is 0 Å². The highest BCUT2D eigenvalue weighted by molar-refractivity contribution is 5.83. The van der Waals surface area contributed by atoms with Crippen LogP contribution in [0.2, 0.25) is 0 Å². The van der Waals surface area contributed by atoms with Gasteiger partial charge in [-0.2, -0.15) is 0 Å². The van der Waals surface area contributed by atoms with Crippen molar-refractivity contribution >= 4 is 18.0 Å². The molecule has 1 rings (SSSR count). The van der Waals surface area contributed by atoms with Gasteiger partial charge >= 0.3 is 18.0 Å². The molecule has 0 saturated heterocycles. The number of nitrogens with one attached hydrogen (secondary N) is 1. The molecule has 1 aliphatic rings. The van der Waals surface area contributed by atoms with E-state index in [1.54, 1.807) is 0 Å². The van der Waals surface area contributed by atoms with Crippen molar-refractivity contribution in [1.82, 2.24) is 10.2 Å². The van der Waals surface area contributed by atoms with Crippen LogP contribution in [-0.4, -0.2) is 63.4 Å². The molecular formula is C13H22N2O6. The molecule has 8 nitrogen and oxygen atoms in total. The van der Waals surface area contributed by atoms with Gasteiger partial charge in [0.2, 0.25) is 0 Å². The third-order valence-corrected chi connectivity index (χ3v) is 3.66. The van der Waals surface area contributed by atoms with Gasteiger partial charge in [0.25, 0.3) is 0 Å². The molecule has 21 heavy (non-hydrogen) atoms. The zero-order valence-electron chi connectivity index (χ0n) is 12.0. The van der Waals surface area contributed by atoms with Crippen molar-refractivity contribution in [1.29, 1.82) is 0 Å². The van der Waals surface area contributed by atoms with Crippen molar-refractivity contribution in [2.45, 2.75) is 50.2 Å². The summed E-state index contributed by atoms with van der Waals surface area (Å²) in [6.07, 6.45) is 2.52. The predicted octanol–water partition coefficient (Wildman–Crippen LogP) is 0.251. The average molecular weight is 302 g/mol. The van der Waals surface area contributed by atoms with E-state index < -0.39 is 29.6 Å². The predicted molar refractivity (Wildman–Crippen MR) is 72.9 cm³/mol. The van der Waals surface area contributed by atoms with Gasteiger partial charge < -0.3 is 25.5 Å². The third-order valence-electron chi connectivity index (χ3n) is 3.66. The molecule has 0 spiro atoms. The number of rotatable bonds is 7. The number of carbonyl (C=O) groups excluding carboxylic acids is 1. The van der Waals surface area contributed by atoms with Gasteiger partial charge in [0.15, 0.2) is 0 Å². The van der Waals surface area contributed by atoms with Gasteiger partial charge in [-0.15, -0.1) is 0 Å². The minimum Gasteiger partial charge on any atom is -0.481 e. The number of aliphatic hydroxyl groups is 1. The lowest BCUT2D eigenvalue weighted by Gasteiger charge is -2.29. The smallest absolute Gasteiger partial charge is 0.326 e. The number of amides is 2. The topological polar surface area (TPSA) is 127 Å². The van der Waals surface area contributed by atoms with Crippen LogP contribution in [0.1, 0.15) is 38.5 Å². The second-order valence-corrected chi connectivity index (χ2v) is 5.56. The summed E-state index contributed by atoms with van der Waals surface area (Å²) >= 11 is 0. The lowest BCUT2D eigenvalue weighted by Crippen LogP contribution is -2.50. The van der Waals surface area contributed by atoms with E-state index in [0.717, 1.165) is 12.8 Å². The Morgan fingerprint density at radius 1 is 1.24 bits per heavy atom. The Balaban J connectivity index is 2.51. The number of aliphatic carboxylic acids is 2. The van der Waals surface area contributed by atoms with Gasteiger partial charge in [0.1, 0.15) is 6.04 Å². The van der Waals surface area contributed by atoms with E-state index in [1.807, 2.05) is 0 Å². The lowest BCUT2D eigenvalue weighted by molar-refractivity contribution is -0.140. The minimum atomic E-state index is -1.28. The molecule has 1 atom stereocenters. The van der Waals surface area contributed by atoms with Crippen molar-refractivity contribution in [3.8, 4) is 0 Å². The fraction of sp³-hybridized carbons (Fsp3) is 0.769. The van der Waals surface area contributed by atoms with E-state index >= 15 is 0 Å². The molecule has 0 aliphatic heterocycles. The summed E-state index contributed by atoms with van der Waals surface area (Å²) in [5.74, 6) is -2.40. The zero-order valence-corrected chi connectivity index (χ0v) is 12.0. The minimum absolute atomic E-state index is 0.129. The second kappa shape index (κ2) is 7.26. The maximum atomic E-state index is 11.9. The highest BCUT2D eigenvalue weighted by Gasteiger charge is 2.34. The highest BCUT2D eigenvalue weighted by atomic mass is 16.4. The molecule has 1 fully saturated rings. The quantitative estimate of drug-likeness (QED) is 0.534. The SMILES string of the molecule is CN(CC1(O)CCCC1)C(=O)N[C@@H](CCC(=O)O)C(=O)O. The van der Waals surface area contributed by atoms with Crippen molar-refractivity contribution < 1.29 is 29.7 Å². The Labute approximate surface area is 122 Å². The summed E-state index contributed by atoms with van der Waals surface area (Å²) in [5, 5.41) is 30.0. The van der Waals surface area contributed by atoms with E-state index in [9.17, 15) is 19.5 Å². The maximum absolute atomic E-state index is 11.9. The molecule has 0 heterocycles. The van der Waals surface area contributed by atoms with Crippen LogP contribution >= 0.6 is 0 Å². The first-order valence-electron chi connectivity index (χ1n) is 6.92. The van der Waals surface area contributed by atoms with Gasteiger partial charge in [0, 0.05) is 13.5 Å². The van der Waals surface area contributed by atoms with Gasteiger partial charge in [0.05, 0.1) is 12.1 Å². The monoisotopic (exact) mass is 302 g/mol. The lowest BCUT2D eigenvalue weighted by atomic mass is 10.0. The number of nitrogens with zero attached hydrogens (tertiary/aromatic N) is 1. The van der Waals surface area contributed by atoms with Crippen LogP contribution < -0.4 is 5.32 Å². The summed E-state index contributed by atoms with van der Waals surface area (Å²) in [6, 6.07) is -1.89. The van der Waals surface area contributed by atoms with Gasteiger partial charge in [-0.3, -0.25) is 4.79 Å². The highest BCUT2D eigenvalue weighted by Crippen LogP contribution is 2.29. The standard InChI is InChI=1S/C13H22N2O6/c1-15(8-13(21)6-2-3-7-13)12(20)14-9(11(18)19)4-5-10(16)17/h9,21H,2-8H2,1H3,(H,14,20)(H,16,17)(H,18,19)/t9-/m0/s1. The van der Waals surface area contributed by atoms with E-state index in [-0.39, 0.29) is 19.4 Å².